The summed E-state index contributed by atoms with van der Waals surface area (Å²) in [5, 5.41) is 2.81. The second-order valence-electron chi connectivity index (χ2n) is 7.48. The molecule has 0 aromatic heterocycles. The van der Waals surface area contributed by atoms with E-state index in [-0.39, 0.29) is 17.6 Å². The number of amides is 1. The van der Waals surface area contributed by atoms with Gasteiger partial charge in [0.2, 0.25) is 15.9 Å². The molecule has 0 fully saturated rings. The lowest BCUT2D eigenvalue weighted by molar-refractivity contribution is -0.137. The maximum absolute atomic E-state index is 13.0. The van der Waals surface area contributed by atoms with E-state index in [0.29, 0.717) is 10.7 Å². The van der Waals surface area contributed by atoms with Gasteiger partial charge in [0.15, 0.2) is 0 Å². The van der Waals surface area contributed by atoms with Crippen molar-refractivity contribution in [3.8, 4) is 0 Å². The van der Waals surface area contributed by atoms with E-state index in [4.69, 9.17) is 0 Å². The minimum Gasteiger partial charge on any atom is -0.348 e. The van der Waals surface area contributed by atoms with E-state index in [1.165, 1.54) is 6.07 Å². The monoisotopic (exact) mass is 442 g/mol. The topological polar surface area (TPSA) is 66.5 Å². The maximum Gasteiger partial charge on any atom is 0.416 e. The Morgan fingerprint density at radius 1 is 1.07 bits per heavy atom. The van der Waals surface area contributed by atoms with Crippen molar-refractivity contribution < 1.29 is 26.4 Å². The van der Waals surface area contributed by atoms with E-state index in [2.05, 4.69) is 5.32 Å². The Balaban J connectivity index is 2.27. The number of carbonyl (C=O) groups is 1. The van der Waals surface area contributed by atoms with Gasteiger partial charge in [0.05, 0.1) is 23.5 Å². The van der Waals surface area contributed by atoms with E-state index in [9.17, 15) is 26.4 Å². The summed E-state index contributed by atoms with van der Waals surface area (Å²) in [5.41, 5.74) is -0.344. The fourth-order valence-electron chi connectivity index (χ4n) is 3.04. The van der Waals surface area contributed by atoms with E-state index in [1.54, 1.807) is 0 Å². The molecule has 2 aromatic rings. The van der Waals surface area contributed by atoms with Gasteiger partial charge in [-0.05, 0) is 36.1 Å². The first-order valence-corrected chi connectivity index (χ1v) is 11.2. The Hall–Kier alpha value is -2.55. The standard InChI is InChI=1S/C21H25F3N2O3S/c1-15(2)12-19(16-8-5-4-6-9-16)25-20(27)14-26(30(3,28)29)18-11-7-10-17(13-18)21(22,23)24/h4-11,13,15,19H,12,14H2,1-3H3,(H,25,27)/t19-/m1/s1. The number of hydrogen-bond donors (Lipinski definition) is 1. The maximum atomic E-state index is 13.0. The predicted molar refractivity (Wildman–Crippen MR) is 110 cm³/mol. The molecule has 0 saturated carbocycles. The largest absolute Gasteiger partial charge is 0.416 e. The molecule has 1 amide bonds. The first-order chi connectivity index (χ1) is 13.9. The molecule has 164 valence electrons. The highest BCUT2D eigenvalue weighted by Crippen LogP contribution is 2.32. The Kier molecular flexibility index (Phi) is 7.52. The number of alkyl halides is 3. The summed E-state index contributed by atoms with van der Waals surface area (Å²) in [6, 6.07) is 12.8. The molecular formula is C21H25F3N2O3S. The van der Waals surface area contributed by atoms with E-state index in [1.807, 2.05) is 44.2 Å². The van der Waals surface area contributed by atoms with Gasteiger partial charge in [0.1, 0.15) is 6.54 Å². The van der Waals surface area contributed by atoms with Gasteiger partial charge in [-0.25, -0.2) is 8.42 Å². The zero-order valence-corrected chi connectivity index (χ0v) is 17.8. The van der Waals surface area contributed by atoms with Crippen LogP contribution in [-0.4, -0.2) is 27.1 Å². The second-order valence-corrected chi connectivity index (χ2v) is 9.38. The van der Waals surface area contributed by atoms with Crippen LogP contribution in [0.3, 0.4) is 0 Å². The van der Waals surface area contributed by atoms with Gasteiger partial charge >= 0.3 is 6.18 Å². The van der Waals surface area contributed by atoms with E-state index >= 15 is 0 Å². The van der Waals surface area contributed by atoms with Gasteiger partial charge in [0.25, 0.3) is 0 Å². The molecule has 1 atom stereocenters. The molecule has 1 N–H and O–H groups in total. The number of benzene rings is 2. The van der Waals surface area contributed by atoms with Crippen LogP contribution in [-0.2, 0) is 21.0 Å². The third kappa shape index (κ3) is 6.76. The van der Waals surface area contributed by atoms with Crippen molar-refractivity contribution in [2.75, 3.05) is 17.1 Å². The van der Waals surface area contributed by atoms with Crippen LogP contribution in [0.15, 0.2) is 54.6 Å². The lowest BCUT2D eigenvalue weighted by Gasteiger charge is -2.26. The van der Waals surface area contributed by atoms with Crippen LogP contribution < -0.4 is 9.62 Å². The molecule has 0 aliphatic rings. The van der Waals surface area contributed by atoms with Crippen molar-refractivity contribution in [2.45, 2.75) is 32.5 Å². The van der Waals surface area contributed by atoms with Crippen molar-refractivity contribution in [2.24, 2.45) is 5.92 Å². The summed E-state index contributed by atoms with van der Waals surface area (Å²) < 4.78 is 64.2. The number of rotatable bonds is 8. The number of nitrogens with one attached hydrogen (secondary N) is 1. The number of anilines is 1. The quantitative estimate of drug-likeness (QED) is 0.660. The van der Waals surface area contributed by atoms with Crippen LogP contribution in [0.4, 0.5) is 18.9 Å². The average molecular weight is 443 g/mol. The first kappa shape index (κ1) is 23.7. The minimum atomic E-state index is -4.63. The number of halogens is 3. The van der Waals surface area contributed by atoms with Gasteiger partial charge in [-0.15, -0.1) is 0 Å². The summed E-state index contributed by atoms with van der Waals surface area (Å²) in [4.78, 5) is 12.7. The summed E-state index contributed by atoms with van der Waals surface area (Å²) in [6.07, 6.45) is -3.15. The van der Waals surface area contributed by atoms with Gasteiger partial charge in [-0.3, -0.25) is 9.10 Å². The van der Waals surface area contributed by atoms with Gasteiger partial charge in [0, 0.05) is 0 Å². The van der Waals surface area contributed by atoms with Crippen molar-refractivity contribution in [1.82, 2.24) is 5.32 Å². The number of hydrogen-bond acceptors (Lipinski definition) is 3. The molecule has 0 saturated heterocycles. The Morgan fingerprint density at radius 3 is 2.23 bits per heavy atom. The van der Waals surface area contributed by atoms with Crippen LogP contribution in [0.5, 0.6) is 0 Å². The highest BCUT2D eigenvalue weighted by molar-refractivity contribution is 7.92. The molecule has 0 heterocycles. The lowest BCUT2D eigenvalue weighted by atomic mass is 9.97. The van der Waals surface area contributed by atoms with Crippen molar-refractivity contribution in [3.05, 3.63) is 65.7 Å². The van der Waals surface area contributed by atoms with Gasteiger partial charge in [-0.2, -0.15) is 13.2 Å². The lowest BCUT2D eigenvalue weighted by Crippen LogP contribution is -2.42. The zero-order valence-electron chi connectivity index (χ0n) is 17.0. The van der Waals surface area contributed by atoms with E-state index < -0.39 is 34.2 Å². The molecule has 5 nitrogen and oxygen atoms in total. The smallest absolute Gasteiger partial charge is 0.348 e. The molecule has 2 aromatic carbocycles. The highest BCUT2D eigenvalue weighted by Gasteiger charge is 2.32. The summed E-state index contributed by atoms with van der Waals surface area (Å²) in [7, 11) is -3.99. The summed E-state index contributed by atoms with van der Waals surface area (Å²) in [5.74, 6) is -0.350. The molecule has 9 heteroatoms. The summed E-state index contributed by atoms with van der Waals surface area (Å²) >= 11 is 0. The molecule has 0 radical (unpaired) electrons. The fraction of sp³-hybridized carbons (Fsp3) is 0.381. The molecule has 2 rings (SSSR count). The first-order valence-electron chi connectivity index (χ1n) is 9.37. The molecule has 30 heavy (non-hydrogen) atoms. The minimum absolute atomic E-state index is 0.220. The molecular weight excluding hydrogens is 417 g/mol. The van der Waals surface area contributed by atoms with Crippen LogP contribution in [0, 0.1) is 5.92 Å². The van der Waals surface area contributed by atoms with Crippen LogP contribution in [0.2, 0.25) is 0 Å². The van der Waals surface area contributed by atoms with Crippen molar-refractivity contribution in [3.63, 3.8) is 0 Å². The Morgan fingerprint density at radius 2 is 1.70 bits per heavy atom. The highest BCUT2D eigenvalue weighted by atomic mass is 32.2. The fourth-order valence-corrected chi connectivity index (χ4v) is 3.89. The molecule has 0 bridgehead atoms. The number of carbonyl (C=O) groups excluding carboxylic acids is 1. The predicted octanol–water partition coefficient (Wildman–Crippen LogP) is 4.38. The molecule has 0 aliphatic heterocycles. The second kappa shape index (κ2) is 9.51. The Labute approximate surface area is 175 Å². The number of sulfonamides is 1. The summed E-state index contributed by atoms with van der Waals surface area (Å²) in [6.45, 7) is 3.36. The zero-order chi connectivity index (χ0) is 22.5. The van der Waals surface area contributed by atoms with Crippen LogP contribution in [0.25, 0.3) is 0 Å². The normalized spacial score (nSPS) is 13.2. The third-order valence-corrected chi connectivity index (χ3v) is 5.53. The van der Waals surface area contributed by atoms with Crippen LogP contribution >= 0.6 is 0 Å². The Bertz CT molecular complexity index is 961. The van der Waals surface area contributed by atoms with Crippen molar-refractivity contribution >= 4 is 21.6 Å². The van der Waals surface area contributed by atoms with Gasteiger partial charge in [-0.1, -0.05) is 50.2 Å². The third-order valence-electron chi connectivity index (χ3n) is 4.39. The molecule has 0 unspecified atom stereocenters. The van der Waals surface area contributed by atoms with Crippen LogP contribution in [0.1, 0.15) is 37.4 Å². The number of nitrogens with zero attached hydrogens (tertiary/aromatic N) is 1. The van der Waals surface area contributed by atoms with Gasteiger partial charge < -0.3 is 5.32 Å². The SMILES string of the molecule is CC(C)C[C@@H](NC(=O)CN(c1cccc(C(F)(F)F)c1)S(C)(=O)=O)c1ccccc1. The molecule has 0 aliphatic carbocycles. The van der Waals surface area contributed by atoms with Crippen molar-refractivity contribution in [1.29, 1.82) is 0 Å². The molecule has 0 spiro atoms. The van der Waals surface area contributed by atoms with E-state index in [0.717, 1.165) is 30.0 Å². The average Bonchev–Trinajstić information content (AvgIpc) is 2.64.